The fourth-order valence-corrected chi connectivity index (χ4v) is 8.43. The molecule has 0 fully saturated rings. The predicted octanol–water partition coefficient (Wildman–Crippen LogP) is 5.43. The van der Waals surface area contributed by atoms with Gasteiger partial charge >= 0.3 is 29.6 Å². The number of benzene rings is 3. The Kier molecular flexibility index (Phi) is 17.7. The molecule has 2 aromatic carbocycles. The van der Waals surface area contributed by atoms with Crippen LogP contribution in [-0.4, -0.2) is 112 Å². The summed E-state index contributed by atoms with van der Waals surface area (Å²) in [6.45, 7) is 14.4. The SMILES string of the molecule is C=C(C)C(=O)OCCNC(=O)OCCN(CC)c1ccc2c(-c3ccccc3S(=O)(=O)[N-]S(=O)(=O)C(F)(F)F)c3ccc(=[N+](CC)CCOC(=O)NCCOC(=O)C(=C)C)cc-3oc2c1. The van der Waals surface area contributed by atoms with E-state index in [9.17, 15) is 49.2 Å². The number of sulfonamides is 2. The van der Waals surface area contributed by atoms with Gasteiger partial charge in [-0.25, -0.2) is 40.6 Å². The normalized spacial score (nSPS) is 12.2. The molecule has 352 valence electrons. The second-order valence-electron chi connectivity index (χ2n) is 13.9. The van der Waals surface area contributed by atoms with Crippen molar-refractivity contribution in [2.24, 2.45) is 0 Å². The highest BCUT2D eigenvalue weighted by molar-refractivity contribution is 8.12. The van der Waals surface area contributed by atoms with Gasteiger partial charge in [0.2, 0.25) is 5.36 Å². The van der Waals surface area contributed by atoms with Crippen molar-refractivity contribution < 1.29 is 72.5 Å². The number of ether oxygens (including phenoxy) is 4. The Morgan fingerprint density at radius 3 is 1.95 bits per heavy atom. The summed E-state index contributed by atoms with van der Waals surface area (Å²) in [6, 6.07) is 14.7. The van der Waals surface area contributed by atoms with E-state index in [1.807, 2.05) is 23.3 Å². The van der Waals surface area contributed by atoms with E-state index in [1.54, 1.807) is 36.4 Å². The molecule has 1 aliphatic carbocycles. The molecule has 2 aliphatic rings. The first kappa shape index (κ1) is 51.2. The topological polar surface area (TPSA) is 231 Å². The molecule has 0 aromatic heterocycles. The zero-order valence-electron chi connectivity index (χ0n) is 35.9. The summed E-state index contributed by atoms with van der Waals surface area (Å²) in [5.41, 5.74) is -4.57. The van der Waals surface area contributed by atoms with Crippen LogP contribution in [0, 0.1) is 0 Å². The Hall–Kier alpha value is -6.46. The average Bonchev–Trinajstić information content (AvgIpc) is 3.24. The van der Waals surface area contributed by atoms with Crippen LogP contribution in [0.25, 0.3) is 37.5 Å². The Bertz CT molecular complexity index is 2700. The summed E-state index contributed by atoms with van der Waals surface area (Å²) in [5, 5.41) is 5.79. The summed E-state index contributed by atoms with van der Waals surface area (Å²) < 4.78 is 122. The predicted molar refractivity (Wildman–Crippen MR) is 233 cm³/mol. The van der Waals surface area contributed by atoms with Crippen molar-refractivity contribution in [2.45, 2.75) is 38.1 Å². The van der Waals surface area contributed by atoms with Crippen LogP contribution in [0.2, 0.25) is 0 Å². The summed E-state index contributed by atoms with van der Waals surface area (Å²) >= 11 is 0. The van der Waals surface area contributed by atoms with Gasteiger partial charge in [0.25, 0.3) is 0 Å². The second-order valence-corrected chi connectivity index (χ2v) is 17.3. The van der Waals surface area contributed by atoms with Gasteiger partial charge in [-0.05, 0) is 52.0 Å². The minimum absolute atomic E-state index is 0.00504. The molecule has 18 nitrogen and oxygen atoms in total. The maximum absolute atomic E-state index is 13.5. The van der Waals surface area contributed by atoms with E-state index in [0.717, 1.165) is 6.07 Å². The molecule has 1 aliphatic heterocycles. The number of hydrogen-bond donors (Lipinski definition) is 2. The number of carbonyl (C=O) groups is 4. The molecule has 0 bridgehead atoms. The first-order valence-electron chi connectivity index (χ1n) is 19.8. The van der Waals surface area contributed by atoms with E-state index < -0.39 is 54.6 Å². The van der Waals surface area contributed by atoms with Crippen molar-refractivity contribution in [2.75, 3.05) is 70.6 Å². The van der Waals surface area contributed by atoms with E-state index in [0.29, 0.717) is 24.1 Å². The molecule has 0 saturated heterocycles. The highest BCUT2D eigenvalue weighted by atomic mass is 32.3. The van der Waals surface area contributed by atoms with E-state index in [-0.39, 0.29) is 97.2 Å². The smallest absolute Gasteiger partial charge is 0.460 e. The van der Waals surface area contributed by atoms with Crippen molar-refractivity contribution in [1.29, 1.82) is 0 Å². The number of carbonyl (C=O) groups excluding carboxylic acids is 4. The maximum atomic E-state index is 13.5. The largest absolute Gasteiger partial charge is 0.480 e. The van der Waals surface area contributed by atoms with Crippen LogP contribution in [0.5, 0.6) is 0 Å². The van der Waals surface area contributed by atoms with Gasteiger partial charge in [-0.1, -0.05) is 31.4 Å². The molecule has 0 saturated carbocycles. The highest BCUT2D eigenvalue weighted by Crippen LogP contribution is 2.44. The molecule has 2 amide bonds. The molecule has 0 radical (unpaired) electrons. The number of nitrogens with one attached hydrogen (secondary N) is 2. The van der Waals surface area contributed by atoms with Gasteiger partial charge in [-0.2, -0.15) is 13.2 Å². The fourth-order valence-electron chi connectivity index (χ4n) is 6.04. The zero-order chi connectivity index (χ0) is 48.1. The summed E-state index contributed by atoms with van der Waals surface area (Å²) in [7, 11) is -12.0. The van der Waals surface area contributed by atoms with Gasteiger partial charge in [0.05, 0.1) is 30.6 Å². The molecule has 2 aromatic rings. The fraction of sp³-hybridized carbons (Fsp3) is 0.357. The Morgan fingerprint density at radius 2 is 1.38 bits per heavy atom. The Morgan fingerprint density at radius 1 is 0.785 bits per heavy atom. The van der Waals surface area contributed by atoms with Gasteiger partial charge < -0.3 is 43.0 Å². The number of likely N-dealkylation sites (N-methyl/N-ethyl adjacent to an activating group) is 2. The van der Waals surface area contributed by atoms with Crippen LogP contribution in [0.1, 0.15) is 27.7 Å². The van der Waals surface area contributed by atoms with Gasteiger partial charge in [0.1, 0.15) is 47.7 Å². The van der Waals surface area contributed by atoms with Gasteiger partial charge in [-0.15, -0.1) is 0 Å². The van der Waals surface area contributed by atoms with Crippen molar-refractivity contribution in [3.8, 4) is 22.5 Å². The number of hydrogen-bond acceptors (Lipinski definition) is 14. The number of alkyl halides is 3. The van der Waals surface area contributed by atoms with Crippen LogP contribution in [0.4, 0.5) is 28.4 Å². The van der Waals surface area contributed by atoms with Crippen molar-refractivity contribution in [1.82, 2.24) is 15.2 Å². The lowest BCUT2D eigenvalue weighted by Crippen LogP contribution is -2.35. The summed E-state index contributed by atoms with van der Waals surface area (Å²) in [6.07, 6.45) is -1.52. The van der Waals surface area contributed by atoms with Gasteiger partial charge in [0.15, 0.2) is 23.2 Å². The van der Waals surface area contributed by atoms with Crippen LogP contribution >= 0.6 is 0 Å². The van der Waals surface area contributed by atoms with E-state index in [4.69, 9.17) is 23.4 Å². The second kappa shape index (κ2) is 22.4. The lowest BCUT2D eigenvalue weighted by atomic mass is 9.93. The molecule has 0 unspecified atom stereocenters. The zero-order valence-corrected chi connectivity index (χ0v) is 37.5. The number of anilines is 1. The Labute approximate surface area is 373 Å². The number of fused-ring (bicyclic) bond motifs is 2. The molecule has 2 N–H and O–H groups in total. The third kappa shape index (κ3) is 13.8. The standard InChI is InChI=1S/C42H48F3N5O13S2/c1-7-49(19-23-61-40(53)46-17-21-59-38(51)27(3)4)29-13-15-31-34(25-29)63-35-26-30(50(8-2)20-24-62-41(54)47-18-22-60-39(52)28(5)6)14-16-32(35)37(31)33-11-9-10-12-36(33)64(55,56)48-65(57,58)42(43,44)45/h9-16,25-26H,3,5,7-8,17-24H2,1-2,4,6H3,(H,46,53)(H,47,54). The molecule has 65 heavy (non-hydrogen) atoms. The molecular formula is C42H48F3N5O13S2. The first-order chi connectivity index (χ1) is 30.6. The van der Waals surface area contributed by atoms with Gasteiger partial charge in [0, 0.05) is 57.6 Å². The van der Waals surface area contributed by atoms with Crippen LogP contribution in [0.3, 0.4) is 0 Å². The lowest BCUT2D eigenvalue weighted by molar-refractivity contribution is -0.139. The van der Waals surface area contributed by atoms with E-state index >= 15 is 0 Å². The molecule has 4 rings (SSSR count). The number of esters is 2. The monoisotopic (exact) mass is 951 g/mol. The molecule has 0 atom stereocenters. The summed E-state index contributed by atoms with van der Waals surface area (Å²) in [4.78, 5) is 48.7. The van der Waals surface area contributed by atoms with E-state index in [1.165, 1.54) is 32.0 Å². The average molecular weight is 952 g/mol. The number of rotatable bonds is 21. The Balaban J connectivity index is 1.73. The van der Waals surface area contributed by atoms with Gasteiger partial charge in [-0.3, -0.25) is 0 Å². The molecule has 23 heteroatoms. The van der Waals surface area contributed by atoms with Crippen LogP contribution in [-0.2, 0) is 48.6 Å². The number of halogens is 3. The minimum Gasteiger partial charge on any atom is -0.460 e. The maximum Gasteiger partial charge on any atom is 0.480 e. The number of nitrogens with zero attached hydrogens (tertiary/aromatic N) is 3. The molecular weight excluding hydrogens is 904 g/mol. The molecule has 1 heterocycles. The van der Waals surface area contributed by atoms with Crippen molar-refractivity contribution >= 4 is 60.8 Å². The quantitative estimate of drug-likeness (QED) is 0.0265. The third-order valence-corrected chi connectivity index (χ3v) is 12.3. The molecule has 0 spiro atoms. The van der Waals surface area contributed by atoms with Crippen molar-refractivity contribution in [3.63, 3.8) is 0 Å². The minimum atomic E-state index is -6.48. The number of alkyl carbamates (subject to hydrolysis) is 2. The summed E-state index contributed by atoms with van der Waals surface area (Å²) in [5.74, 6) is -1.03. The van der Waals surface area contributed by atoms with Crippen LogP contribution < -0.4 is 25.5 Å². The number of amides is 2. The first-order valence-corrected chi connectivity index (χ1v) is 22.7. The van der Waals surface area contributed by atoms with E-state index in [2.05, 4.69) is 27.9 Å². The lowest BCUT2D eigenvalue weighted by Gasteiger charge is -2.25. The third-order valence-electron chi connectivity index (χ3n) is 9.20. The van der Waals surface area contributed by atoms with Crippen molar-refractivity contribution in [3.05, 3.63) is 94.5 Å². The highest BCUT2D eigenvalue weighted by Gasteiger charge is 2.41. The van der Waals surface area contributed by atoms with Crippen LogP contribution in [0.15, 0.2) is 94.3 Å².